The summed E-state index contributed by atoms with van der Waals surface area (Å²) in [6.45, 7) is 2.59. The summed E-state index contributed by atoms with van der Waals surface area (Å²) in [5, 5.41) is 6.18. The fourth-order valence-electron chi connectivity index (χ4n) is 1.60. The second-order valence-corrected chi connectivity index (χ2v) is 4.70. The summed E-state index contributed by atoms with van der Waals surface area (Å²) < 4.78 is 0. The Balaban J connectivity index is 2.05. The molecule has 1 rings (SSSR count). The quantitative estimate of drug-likeness (QED) is 0.529. The van der Waals surface area contributed by atoms with Crippen LogP contribution in [0.15, 0.2) is 0 Å². The molecule has 1 atom stereocenters. The number of piperidine rings is 1. The number of amides is 1. The molecule has 0 bridgehead atoms. The summed E-state index contributed by atoms with van der Waals surface area (Å²) in [6.07, 6.45) is 7.23. The number of hydrogen-bond acceptors (Lipinski definition) is 3. The van der Waals surface area contributed by atoms with Crippen molar-refractivity contribution in [1.29, 1.82) is 0 Å². The molecule has 3 nitrogen and oxygen atoms in total. The molecule has 15 heavy (non-hydrogen) atoms. The Labute approximate surface area is 95.8 Å². The van der Waals surface area contributed by atoms with E-state index >= 15 is 0 Å². The van der Waals surface area contributed by atoms with Crippen molar-refractivity contribution in [1.82, 2.24) is 10.6 Å². The molecule has 0 unspecified atom stereocenters. The Morgan fingerprint density at radius 2 is 2.53 bits per heavy atom. The largest absolute Gasteiger partial charge is 0.355 e. The molecule has 1 heterocycles. The van der Waals surface area contributed by atoms with E-state index in [1.807, 2.05) is 0 Å². The van der Waals surface area contributed by atoms with Crippen LogP contribution in [0.25, 0.3) is 0 Å². The highest BCUT2D eigenvalue weighted by atomic mass is 32.2. The molecular weight excluding hydrogens is 208 g/mol. The smallest absolute Gasteiger partial charge is 0.224 e. The minimum absolute atomic E-state index is 0.163. The summed E-state index contributed by atoms with van der Waals surface area (Å²) in [7, 11) is 0. The third-order valence-corrected chi connectivity index (χ3v) is 3.26. The molecule has 1 amide bonds. The fourth-order valence-corrected chi connectivity index (χ4v) is 2.11. The molecule has 0 saturated carbocycles. The van der Waals surface area contributed by atoms with E-state index in [1.165, 1.54) is 0 Å². The molecular formula is C11H18N2OS. The number of thioether (sulfide) groups is 1. The minimum Gasteiger partial charge on any atom is -0.355 e. The summed E-state index contributed by atoms with van der Waals surface area (Å²) in [4.78, 5) is 11.6. The number of hydrogen-bond donors (Lipinski definition) is 2. The van der Waals surface area contributed by atoms with E-state index in [4.69, 9.17) is 6.42 Å². The van der Waals surface area contributed by atoms with Crippen LogP contribution >= 0.6 is 11.8 Å². The first-order chi connectivity index (χ1) is 7.34. The van der Waals surface area contributed by atoms with Crippen molar-refractivity contribution in [2.75, 3.05) is 31.1 Å². The molecule has 0 aliphatic carbocycles. The van der Waals surface area contributed by atoms with Gasteiger partial charge in [0.1, 0.15) is 0 Å². The summed E-state index contributed by atoms with van der Waals surface area (Å²) in [5.41, 5.74) is 0. The van der Waals surface area contributed by atoms with Crippen molar-refractivity contribution in [2.24, 2.45) is 5.92 Å². The van der Waals surface area contributed by atoms with E-state index in [0.717, 1.165) is 44.0 Å². The lowest BCUT2D eigenvalue weighted by Gasteiger charge is -2.21. The number of carbonyl (C=O) groups excluding carboxylic acids is 1. The third-order valence-electron chi connectivity index (χ3n) is 2.40. The van der Waals surface area contributed by atoms with Gasteiger partial charge < -0.3 is 10.6 Å². The van der Waals surface area contributed by atoms with E-state index in [-0.39, 0.29) is 11.8 Å². The second-order valence-electron chi connectivity index (χ2n) is 3.59. The summed E-state index contributed by atoms with van der Waals surface area (Å²) >= 11 is 1.68. The molecule has 0 spiro atoms. The van der Waals surface area contributed by atoms with Crippen LogP contribution in [0.1, 0.15) is 12.8 Å². The van der Waals surface area contributed by atoms with Crippen LogP contribution in [0.4, 0.5) is 0 Å². The van der Waals surface area contributed by atoms with Gasteiger partial charge in [-0.15, -0.1) is 18.2 Å². The van der Waals surface area contributed by atoms with Crippen molar-refractivity contribution in [2.45, 2.75) is 12.8 Å². The van der Waals surface area contributed by atoms with Gasteiger partial charge in [-0.05, 0) is 19.4 Å². The van der Waals surface area contributed by atoms with Crippen LogP contribution in [0, 0.1) is 18.3 Å². The molecule has 4 heteroatoms. The lowest BCUT2D eigenvalue weighted by molar-refractivity contribution is -0.125. The monoisotopic (exact) mass is 226 g/mol. The highest BCUT2D eigenvalue weighted by Gasteiger charge is 2.19. The Kier molecular flexibility index (Phi) is 6.29. The van der Waals surface area contributed by atoms with Gasteiger partial charge in [-0.3, -0.25) is 4.79 Å². The van der Waals surface area contributed by atoms with Gasteiger partial charge in [0.05, 0.1) is 11.7 Å². The van der Waals surface area contributed by atoms with Crippen LogP contribution < -0.4 is 10.6 Å². The zero-order valence-electron chi connectivity index (χ0n) is 8.92. The maximum Gasteiger partial charge on any atom is 0.224 e. The number of rotatable bonds is 5. The molecule has 0 aromatic heterocycles. The van der Waals surface area contributed by atoms with Gasteiger partial charge in [0.2, 0.25) is 5.91 Å². The zero-order chi connectivity index (χ0) is 10.9. The Morgan fingerprint density at radius 1 is 1.67 bits per heavy atom. The van der Waals surface area contributed by atoms with Crippen molar-refractivity contribution in [3.8, 4) is 12.3 Å². The molecule has 1 aliphatic heterocycles. The molecule has 1 fully saturated rings. The Hall–Kier alpha value is -0.660. The van der Waals surface area contributed by atoms with E-state index < -0.39 is 0 Å². The average Bonchev–Trinajstić information content (AvgIpc) is 2.30. The third kappa shape index (κ3) is 5.10. The average molecular weight is 226 g/mol. The first-order valence-electron chi connectivity index (χ1n) is 5.34. The van der Waals surface area contributed by atoms with Crippen LogP contribution in [0.3, 0.4) is 0 Å². The van der Waals surface area contributed by atoms with Gasteiger partial charge in [0, 0.05) is 18.8 Å². The van der Waals surface area contributed by atoms with Gasteiger partial charge in [-0.1, -0.05) is 5.92 Å². The molecule has 84 valence electrons. The zero-order valence-corrected chi connectivity index (χ0v) is 9.74. The minimum atomic E-state index is 0.163. The van der Waals surface area contributed by atoms with Crippen molar-refractivity contribution >= 4 is 17.7 Å². The fraction of sp³-hybridized carbons (Fsp3) is 0.727. The standard InChI is InChI=1S/C11H18N2OS/c1-2-7-15-8-6-13-11(14)10-4-3-5-12-9-10/h1,10,12H,3-9H2,(H,13,14)/t10-/m1/s1. The Morgan fingerprint density at radius 3 is 3.20 bits per heavy atom. The highest BCUT2D eigenvalue weighted by molar-refractivity contribution is 7.99. The summed E-state index contributed by atoms with van der Waals surface area (Å²) in [5.74, 6) is 4.53. The number of nitrogens with one attached hydrogen (secondary N) is 2. The predicted molar refractivity (Wildman–Crippen MR) is 64.8 cm³/mol. The van der Waals surface area contributed by atoms with Crippen LogP contribution in [0.5, 0.6) is 0 Å². The Bertz CT molecular complexity index is 231. The molecule has 0 radical (unpaired) electrons. The van der Waals surface area contributed by atoms with Crippen molar-refractivity contribution < 1.29 is 4.79 Å². The van der Waals surface area contributed by atoms with E-state index in [9.17, 15) is 4.79 Å². The van der Waals surface area contributed by atoms with Crippen molar-refractivity contribution in [3.63, 3.8) is 0 Å². The molecule has 0 aromatic carbocycles. The van der Waals surface area contributed by atoms with E-state index in [1.54, 1.807) is 11.8 Å². The second kappa shape index (κ2) is 7.61. The van der Waals surface area contributed by atoms with Gasteiger partial charge in [-0.25, -0.2) is 0 Å². The van der Waals surface area contributed by atoms with Gasteiger partial charge >= 0.3 is 0 Å². The molecule has 2 N–H and O–H groups in total. The topological polar surface area (TPSA) is 41.1 Å². The van der Waals surface area contributed by atoms with Gasteiger partial charge in [0.25, 0.3) is 0 Å². The number of carbonyl (C=O) groups is 1. The maximum absolute atomic E-state index is 11.6. The van der Waals surface area contributed by atoms with Crippen LogP contribution in [-0.4, -0.2) is 37.0 Å². The van der Waals surface area contributed by atoms with Gasteiger partial charge in [0.15, 0.2) is 0 Å². The van der Waals surface area contributed by atoms with Crippen LogP contribution in [0.2, 0.25) is 0 Å². The predicted octanol–water partition coefficient (Wildman–Crippen LogP) is 0.469. The molecule has 1 aliphatic rings. The van der Waals surface area contributed by atoms with E-state index in [2.05, 4.69) is 16.6 Å². The first-order valence-corrected chi connectivity index (χ1v) is 6.49. The SMILES string of the molecule is C#CCSCCNC(=O)[C@@H]1CCCNC1. The summed E-state index contributed by atoms with van der Waals surface area (Å²) in [6, 6.07) is 0. The lowest BCUT2D eigenvalue weighted by atomic mass is 9.99. The molecule has 0 aromatic rings. The normalized spacial score (nSPS) is 20.6. The van der Waals surface area contributed by atoms with Crippen LogP contribution in [-0.2, 0) is 4.79 Å². The lowest BCUT2D eigenvalue weighted by Crippen LogP contribution is -2.41. The van der Waals surface area contributed by atoms with E-state index in [0.29, 0.717) is 0 Å². The first kappa shape index (κ1) is 12.4. The number of terminal acetylenes is 1. The highest BCUT2D eigenvalue weighted by Crippen LogP contribution is 2.09. The van der Waals surface area contributed by atoms with Crippen molar-refractivity contribution in [3.05, 3.63) is 0 Å². The maximum atomic E-state index is 11.6. The van der Waals surface area contributed by atoms with Gasteiger partial charge in [-0.2, -0.15) is 0 Å². The molecule has 1 saturated heterocycles.